The van der Waals surface area contributed by atoms with E-state index < -0.39 is 29.4 Å². The van der Waals surface area contributed by atoms with Gasteiger partial charge in [0.05, 0.1) is 0 Å². The first-order chi connectivity index (χ1) is 8.32. The van der Waals surface area contributed by atoms with Crippen LogP contribution in [0.3, 0.4) is 0 Å². The van der Waals surface area contributed by atoms with Crippen molar-refractivity contribution in [2.75, 3.05) is 7.05 Å². The third-order valence-corrected chi connectivity index (χ3v) is 2.52. The molecule has 1 atom stereocenters. The second-order valence-corrected chi connectivity index (χ2v) is 4.00. The molecule has 0 radical (unpaired) electrons. The molecule has 1 unspecified atom stereocenters. The number of rotatable bonds is 4. The van der Waals surface area contributed by atoms with Crippen molar-refractivity contribution >= 4 is 11.9 Å². The molecule has 1 N–H and O–H groups in total. The smallest absolute Gasteiger partial charge is 0.315 e. The van der Waals surface area contributed by atoms with Crippen molar-refractivity contribution < 1.29 is 23.5 Å². The minimum absolute atomic E-state index is 0.0215. The van der Waals surface area contributed by atoms with Crippen LogP contribution in [0.4, 0.5) is 8.78 Å². The van der Waals surface area contributed by atoms with E-state index >= 15 is 0 Å². The van der Waals surface area contributed by atoms with Gasteiger partial charge in [-0.2, -0.15) is 0 Å². The van der Waals surface area contributed by atoms with Crippen LogP contribution in [-0.4, -0.2) is 28.9 Å². The Morgan fingerprint density at radius 1 is 1.33 bits per heavy atom. The Morgan fingerprint density at radius 2 is 1.94 bits per heavy atom. The highest BCUT2D eigenvalue weighted by Gasteiger charge is 2.24. The zero-order valence-electron chi connectivity index (χ0n) is 9.98. The van der Waals surface area contributed by atoms with Gasteiger partial charge in [-0.25, -0.2) is 8.78 Å². The number of amides is 1. The van der Waals surface area contributed by atoms with Gasteiger partial charge in [0.2, 0.25) is 5.91 Å². The molecule has 18 heavy (non-hydrogen) atoms. The van der Waals surface area contributed by atoms with Gasteiger partial charge in [0.15, 0.2) is 11.6 Å². The van der Waals surface area contributed by atoms with Crippen LogP contribution in [0.15, 0.2) is 18.2 Å². The van der Waals surface area contributed by atoms with Crippen LogP contribution in [0.5, 0.6) is 0 Å². The van der Waals surface area contributed by atoms with Crippen molar-refractivity contribution in [2.24, 2.45) is 5.92 Å². The Labute approximate surface area is 103 Å². The number of aliphatic carboxylic acids is 1. The molecule has 0 spiro atoms. The third kappa shape index (κ3) is 3.26. The van der Waals surface area contributed by atoms with Crippen LogP contribution < -0.4 is 0 Å². The Kier molecular flexibility index (Phi) is 4.36. The normalized spacial score (nSPS) is 12.0. The molecule has 6 heteroatoms. The second-order valence-electron chi connectivity index (χ2n) is 4.00. The molecule has 0 fully saturated rings. The van der Waals surface area contributed by atoms with Gasteiger partial charge in [-0.3, -0.25) is 9.59 Å². The lowest BCUT2D eigenvalue weighted by molar-refractivity contribution is -0.149. The molecule has 0 aliphatic heterocycles. The average Bonchev–Trinajstić information content (AvgIpc) is 2.31. The van der Waals surface area contributed by atoms with E-state index in [1.165, 1.54) is 20.0 Å². The Morgan fingerprint density at radius 3 is 2.44 bits per heavy atom. The van der Waals surface area contributed by atoms with Crippen molar-refractivity contribution in [3.63, 3.8) is 0 Å². The number of hydrogen-bond donors (Lipinski definition) is 1. The molecule has 98 valence electrons. The van der Waals surface area contributed by atoms with Crippen molar-refractivity contribution in [3.8, 4) is 0 Å². The first-order valence-electron chi connectivity index (χ1n) is 5.24. The van der Waals surface area contributed by atoms with Gasteiger partial charge in [0.1, 0.15) is 5.92 Å². The minimum Gasteiger partial charge on any atom is -0.481 e. The van der Waals surface area contributed by atoms with Crippen molar-refractivity contribution in [1.29, 1.82) is 0 Å². The Bertz CT molecular complexity index is 476. The van der Waals surface area contributed by atoms with Crippen LogP contribution in [-0.2, 0) is 16.1 Å². The number of halogens is 2. The third-order valence-electron chi connectivity index (χ3n) is 2.52. The number of hydrogen-bond acceptors (Lipinski definition) is 2. The number of carbonyl (C=O) groups excluding carboxylic acids is 1. The average molecular weight is 257 g/mol. The maximum absolute atomic E-state index is 12.9. The lowest BCUT2D eigenvalue weighted by atomic mass is 10.1. The van der Waals surface area contributed by atoms with Crippen molar-refractivity contribution in [3.05, 3.63) is 35.4 Å². The molecule has 0 aliphatic carbocycles. The molecular formula is C12H13F2NO3. The molecule has 0 aliphatic rings. The Hall–Kier alpha value is -1.98. The molecule has 1 rings (SSSR count). The number of carboxylic acid groups (broad SMARTS) is 1. The quantitative estimate of drug-likeness (QED) is 0.834. The van der Waals surface area contributed by atoms with Crippen molar-refractivity contribution in [1.82, 2.24) is 4.90 Å². The Balaban J connectivity index is 2.75. The van der Waals surface area contributed by atoms with E-state index in [0.29, 0.717) is 5.56 Å². The fourth-order valence-corrected chi connectivity index (χ4v) is 1.43. The molecule has 0 saturated heterocycles. The van der Waals surface area contributed by atoms with E-state index in [1.807, 2.05) is 0 Å². The van der Waals surface area contributed by atoms with Gasteiger partial charge in [0, 0.05) is 13.6 Å². The van der Waals surface area contributed by atoms with Crippen molar-refractivity contribution in [2.45, 2.75) is 13.5 Å². The zero-order valence-corrected chi connectivity index (χ0v) is 9.98. The fraction of sp³-hybridized carbons (Fsp3) is 0.333. The van der Waals surface area contributed by atoms with Gasteiger partial charge >= 0.3 is 5.97 Å². The summed E-state index contributed by atoms with van der Waals surface area (Å²) >= 11 is 0. The molecule has 1 aromatic rings. The summed E-state index contributed by atoms with van der Waals surface area (Å²) < 4.78 is 25.6. The summed E-state index contributed by atoms with van der Waals surface area (Å²) in [5, 5.41) is 8.69. The number of carbonyl (C=O) groups is 2. The van der Waals surface area contributed by atoms with Crippen LogP contribution in [0.1, 0.15) is 12.5 Å². The van der Waals surface area contributed by atoms with Gasteiger partial charge in [-0.1, -0.05) is 6.07 Å². The molecular weight excluding hydrogens is 244 g/mol. The molecule has 0 saturated carbocycles. The van der Waals surface area contributed by atoms with E-state index in [0.717, 1.165) is 17.0 Å². The van der Waals surface area contributed by atoms with Crippen LogP contribution in [0.2, 0.25) is 0 Å². The maximum Gasteiger partial charge on any atom is 0.315 e. The SMILES string of the molecule is CC(C(=O)O)C(=O)N(C)Cc1ccc(F)c(F)c1. The summed E-state index contributed by atoms with van der Waals surface area (Å²) in [6.07, 6.45) is 0. The first kappa shape index (κ1) is 14.1. The van der Waals surface area contributed by atoms with Crippen LogP contribution >= 0.6 is 0 Å². The summed E-state index contributed by atoms with van der Waals surface area (Å²) in [6, 6.07) is 3.28. The number of nitrogens with zero attached hydrogens (tertiary/aromatic N) is 1. The highest BCUT2D eigenvalue weighted by Crippen LogP contribution is 2.12. The van der Waals surface area contributed by atoms with E-state index in [-0.39, 0.29) is 6.54 Å². The largest absolute Gasteiger partial charge is 0.481 e. The highest BCUT2D eigenvalue weighted by atomic mass is 19.2. The number of benzene rings is 1. The standard InChI is InChI=1S/C12H13F2NO3/c1-7(12(17)18)11(16)15(2)6-8-3-4-9(13)10(14)5-8/h3-5,7H,6H2,1-2H3,(H,17,18). The summed E-state index contributed by atoms with van der Waals surface area (Å²) in [6.45, 7) is 1.29. The van der Waals surface area contributed by atoms with Crippen LogP contribution in [0, 0.1) is 17.6 Å². The fourth-order valence-electron chi connectivity index (χ4n) is 1.43. The molecule has 0 bridgehead atoms. The number of carboxylic acids is 1. The molecule has 1 amide bonds. The highest BCUT2D eigenvalue weighted by molar-refractivity contribution is 5.96. The lowest BCUT2D eigenvalue weighted by Crippen LogP contribution is -2.34. The molecule has 1 aromatic carbocycles. The predicted octanol–water partition coefficient (Wildman–Crippen LogP) is 1.64. The predicted molar refractivity (Wildman–Crippen MR) is 59.6 cm³/mol. The van der Waals surface area contributed by atoms with Gasteiger partial charge in [0.25, 0.3) is 0 Å². The second kappa shape index (κ2) is 5.57. The van der Waals surface area contributed by atoms with Gasteiger partial charge in [-0.15, -0.1) is 0 Å². The monoisotopic (exact) mass is 257 g/mol. The summed E-state index contributed by atoms with van der Waals surface area (Å²) in [5.74, 6) is -4.95. The first-order valence-corrected chi connectivity index (χ1v) is 5.24. The minimum atomic E-state index is -1.22. The zero-order chi connectivity index (χ0) is 13.9. The van der Waals surface area contributed by atoms with E-state index in [1.54, 1.807) is 0 Å². The van der Waals surface area contributed by atoms with E-state index in [2.05, 4.69) is 0 Å². The topological polar surface area (TPSA) is 57.6 Å². The van der Waals surface area contributed by atoms with Crippen LogP contribution in [0.25, 0.3) is 0 Å². The molecule has 4 nitrogen and oxygen atoms in total. The van der Waals surface area contributed by atoms with E-state index in [9.17, 15) is 18.4 Å². The van der Waals surface area contributed by atoms with Gasteiger partial charge in [-0.05, 0) is 24.6 Å². The lowest BCUT2D eigenvalue weighted by Gasteiger charge is -2.19. The van der Waals surface area contributed by atoms with E-state index in [4.69, 9.17) is 5.11 Å². The summed E-state index contributed by atoms with van der Waals surface area (Å²) in [7, 11) is 1.41. The van der Waals surface area contributed by atoms with Gasteiger partial charge < -0.3 is 10.0 Å². The summed E-state index contributed by atoms with van der Waals surface area (Å²) in [5.41, 5.74) is 0.391. The molecule has 0 heterocycles. The maximum atomic E-state index is 12.9. The molecule has 0 aromatic heterocycles. The summed E-state index contributed by atoms with van der Waals surface area (Å²) in [4.78, 5) is 23.4.